The molecule has 0 saturated carbocycles. The summed E-state index contributed by atoms with van der Waals surface area (Å²) < 4.78 is 5.38. The summed E-state index contributed by atoms with van der Waals surface area (Å²) in [5.41, 5.74) is 8.38. The van der Waals surface area contributed by atoms with Gasteiger partial charge in [0.05, 0.1) is 17.6 Å². The number of nitrogens with two attached hydrogens (primary N) is 1. The van der Waals surface area contributed by atoms with Gasteiger partial charge in [0, 0.05) is 42.9 Å². The Labute approximate surface area is 206 Å². The number of pyridine rings is 1. The molecule has 1 fully saturated rings. The molecule has 182 valence electrons. The summed E-state index contributed by atoms with van der Waals surface area (Å²) in [5, 5.41) is 11.0. The van der Waals surface area contributed by atoms with Gasteiger partial charge in [-0.25, -0.2) is 0 Å². The maximum atomic E-state index is 11.5. The summed E-state index contributed by atoms with van der Waals surface area (Å²) in [6.45, 7) is 5.12. The number of fused-ring (bicyclic) bond motifs is 1. The first-order valence-corrected chi connectivity index (χ1v) is 13.4. The summed E-state index contributed by atoms with van der Waals surface area (Å²) >= 11 is 8.51. The minimum atomic E-state index is -0.716. The number of carbonyl (C=O) groups is 1. The van der Waals surface area contributed by atoms with E-state index in [4.69, 9.17) is 22.1 Å². The molecule has 0 amide bonds. The molecule has 3 N–H and O–H groups in total. The molecule has 3 unspecified atom stereocenters. The minimum Gasteiger partial charge on any atom is -0.497 e. The molecule has 0 radical (unpaired) electrons. The largest absolute Gasteiger partial charge is 0.497 e. The molecule has 0 bridgehead atoms. The van der Waals surface area contributed by atoms with E-state index in [2.05, 4.69) is 16.8 Å². The summed E-state index contributed by atoms with van der Waals surface area (Å²) in [7, 11) is 1.64. The Balaban J connectivity index is 1.66. The van der Waals surface area contributed by atoms with Gasteiger partial charge in [-0.05, 0) is 73.6 Å². The summed E-state index contributed by atoms with van der Waals surface area (Å²) in [6.07, 6.45) is 5.73. The number of hydrogen-bond donors (Lipinski definition) is 2. The predicted molar refractivity (Wildman–Crippen MR) is 137 cm³/mol. The molecule has 1 aliphatic heterocycles. The first kappa shape index (κ1) is 26.1. The predicted octanol–water partition coefficient (Wildman–Crippen LogP) is 5.23. The molecular formula is C25H36ClN3O3S. The molecule has 1 saturated heterocycles. The van der Waals surface area contributed by atoms with Crippen molar-refractivity contribution in [3.8, 4) is 5.75 Å². The van der Waals surface area contributed by atoms with Crippen LogP contribution in [0.15, 0.2) is 24.4 Å². The Morgan fingerprint density at radius 1 is 1.39 bits per heavy atom. The van der Waals surface area contributed by atoms with Crippen LogP contribution in [0.2, 0.25) is 5.02 Å². The Morgan fingerprint density at radius 3 is 2.94 bits per heavy atom. The molecule has 2 heterocycles. The average Bonchev–Trinajstić information content (AvgIpc) is 2.80. The molecule has 2 aromatic rings. The molecule has 0 spiro atoms. The van der Waals surface area contributed by atoms with Crippen molar-refractivity contribution in [1.29, 1.82) is 0 Å². The normalized spacial score (nSPS) is 20.1. The lowest BCUT2D eigenvalue weighted by Crippen LogP contribution is -2.42. The van der Waals surface area contributed by atoms with Gasteiger partial charge < -0.3 is 20.5 Å². The van der Waals surface area contributed by atoms with Gasteiger partial charge >= 0.3 is 5.97 Å². The van der Waals surface area contributed by atoms with Gasteiger partial charge in [0.1, 0.15) is 5.75 Å². The number of aromatic nitrogens is 1. The van der Waals surface area contributed by atoms with Crippen LogP contribution in [0.1, 0.15) is 50.6 Å². The highest BCUT2D eigenvalue weighted by atomic mass is 35.5. The Hall–Kier alpha value is -1.54. The number of carboxylic acid groups (broad SMARTS) is 1. The monoisotopic (exact) mass is 493 g/mol. The Morgan fingerprint density at radius 2 is 2.21 bits per heavy atom. The zero-order chi connectivity index (χ0) is 23.8. The van der Waals surface area contributed by atoms with Gasteiger partial charge in [0.25, 0.3) is 0 Å². The van der Waals surface area contributed by atoms with E-state index in [0.717, 1.165) is 66.9 Å². The molecule has 1 aliphatic rings. The van der Waals surface area contributed by atoms with Crippen molar-refractivity contribution < 1.29 is 14.6 Å². The molecular weight excluding hydrogens is 458 g/mol. The Bertz CT molecular complexity index is 929. The number of rotatable bonds is 12. The molecule has 3 rings (SSSR count). The fourth-order valence-corrected chi connectivity index (χ4v) is 6.02. The highest BCUT2D eigenvalue weighted by molar-refractivity contribution is 7.99. The van der Waals surface area contributed by atoms with Crippen LogP contribution >= 0.6 is 23.4 Å². The first-order chi connectivity index (χ1) is 15.9. The van der Waals surface area contributed by atoms with Crippen LogP contribution in [-0.2, 0) is 4.79 Å². The van der Waals surface area contributed by atoms with Crippen molar-refractivity contribution in [2.75, 3.05) is 38.2 Å². The number of hydrogen-bond acceptors (Lipinski definition) is 6. The van der Waals surface area contributed by atoms with E-state index in [1.807, 2.05) is 30.0 Å². The van der Waals surface area contributed by atoms with Crippen LogP contribution in [0.4, 0.5) is 0 Å². The van der Waals surface area contributed by atoms with Gasteiger partial charge in [-0.2, -0.15) is 11.8 Å². The van der Waals surface area contributed by atoms with Crippen molar-refractivity contribution >= 4 is 40.2 Å². The van der Waals surface area contributed by atoms with Gasteiger partial charge in [-0.1, -0.05) is 18.5 Å². The van der Waals surface area contributed by atoms with E-state index < -0.39 is 5.97 Å². The second kappa shape index (κ2) is 12.8. The second-order valence-electron chi connectivity index (χ2n) is 8.91. The van der Waals surface area contributed by atoms with Gasteiger partial charge in [-0.3, -0.25) is 9.78 Å². The topological polar surface area (TPSA) is 88.7 Å². The number of benzene rings is 1. The molecule has 0 aliphatic carbocycles. The smallest absolute Gasteiger partial charge is 0.303 e. The van der Waals surface area contributed by atoms with Crippen LogP contribution in [0.3, 0.4) is 0 Å². The average molecular weight is 494 g/mol. The number of halogens is 1. The number of thioether (sulfide) groups is 1. The lowest BCUT2D eigenvalue weighted by molar-refractivity contribution is -0.139. The zero-order valence-corrected chi connectivity index (χ0v) is 21.2. The van der Waals surface area contributed by atoms with Crippen LogP contribution < -0.4 is 10.5 Å². The van der Waals surface area contributed by atoms with Crippen molar-refractivity contribution in [3.63, 3.8) is 0 Å². The van der Waals surface area contributed by atoms with E-state index in [9.17, 15) is 9.90 Å². The van der Waals surface area contributed by atoms with Crippen molar-refractivity contribution in [3.05, 3.63) is 35.0 Å². The molecule has 3 atom stereocenters. The molecule has 8 heteroatoms. The van der Waals surface area contributed by atoms with Crippen LogP contribution in [0.25, 0.3) is 10.9 Å². The second-order valence-corrected chi connectivity index (χ2v) is 10.5. The van der Waals surface area contributed by atoms with E-state index in [1.165, 1.54) is 12.2 Å². The van der Waals surface area contributed by atoms with Crippen LogP contribution in [0, 0.1) is 11.8 Å². The highest BCUT2D eigenvalue weighted by Gasteiger charge is 2.31. The highest BCUT2D eigenvalue weighted by Crippen LogP contribution is 2.36. The third-order valence-electron chi connectivity index (χ3n) is 6.60. The fourth-order valence-electron chi connectivity index (χ4n) is 4.84. The maximum Gasteiger partial charge on any atom is 0.303 e. The number of piperidine rings is 1. The van der Waals surface area contributed by atoms with Crippen LogP contribution in [-0.4, -0.2) is 59.2 Å². The van der Waals surface area contributed by atoms with Crippen molar-refractivity contribution in [2.24, 2.45) is 17.6 Å². The van der Waals surface area contributed by atoms with Gasteiger partial charge in [0.15, 0.2) is 0 Å². The van der Waals surface area contributed by atoms with Crippen molar-refractivity contribution in [2.45, 2.75) is 45.1 Å². The van der Waals surface area contributed by atoms with Gasteiger partial charge in [0.2, 0.25) is 0 Å². The van der Waals surface area contributed by atoms with E-state index in [-0.39, 0.29) is 18.4 Å². The summed E-state index contributed by atoms with van der Waals surface area (Å²) in [6, 6.07) is 5.48. The fraction of sp³-hybridized carbons (Fsp3) is 0.600. The number of aliphatic carboxylic acids is 1. The lowest BCUT2D eigenvalue weighted by atomic mass is 9.79. The number of carboxylic acids is 1. The number of ether oxygens (including phenoxy) is 1. The number of nitrogens with zero attached hydrogens (tertiary/aromatic N) is 2. The third kappa shape index (κ3) is 7.22. The van der Waals surface area contributed by atoms with Crippen molar-refractivity contribution in [1.82, 2.24) is 9.88 Å². The number of likely N-dealkylation sites (tertiary alicyclic amines) is 1. The lowest BCUT2D eigenvalue weighted by Gasteiger charge is -2.38. The number of methoxy groups -OCH3 is 1. The first-order valence-electron chi connectivity index (χ1n) is 11.8. The van der Waals surface area contributed by atoms with Crippen LogP contribution in [0.5, 0.6) is 5.75 Å². The van der Waals surface area contributed by atoms with E-state index >= 15 is 0 Å². The summed E-state index contributed by atoms with van der Waals surface area (Å²) in [5.74, 6) is 2.83. The Kier molecular flexibility index (Phi) is 10.1. The zero-order valence-electron chi connectivity index (χ0n) is 19.6. The maximum absolute atomic E-state index is 11.5. The third-order valence-corrected chi connectivity index (χ3v) is 8.07. The molecule has 6 nitrogen and oxygen atoms in total. The van der Waals surface area contributed by atoms with E-state index in [0.29, 0.717) is 10.9 Å². The summed E-state index contributed by atoms with van der Waals surface area (Å²) in [4.78, 5) is 18.4. The standard InChI is InChI=1S/C25H36ClN3O3S/c1-3-11-33-12-10-29-9-8-17(18(16-29)13-24(30)31)4-6-22(27)25-20-14-19(32-2)5-7-23(20)28-15-21(25)26/h5,7,14-15,17-18,22H,3-4,6,8-13,16,27H2,1-2H3,(H,30,31). The molecule has 33 heavy (non-hydrogen) atoms. The molecule has 1 aromatic heterocycles. The molecule has 1 aromatic carbocycles. The minimum absolute atomic E-state index is 0.157. The quantitative estimate of drug-likeness (QED) is 0.391. The SMILES string of the molecule is CCCSCCN1CCC(CCC(N)c2c(Cl)cnc3ccc(OC)cc23)C(CC(=O)O)C1. The van der Waals surface area contributed by atoms with Gasteiger partial charge in [-0.15, -0.1) is 0 Å². The van der Waals surface area contributed by atoms with E-state index in [1.54, 1.807) is 13.3 Å².